The monoisotopic (exact) mass is 190 g/mol. The van der Waals surface area contributed by atoms with Crippen LogP contribution in [-0.2, 0) is 0 Å². The molecule has 0 spiro atoms. The number of H-pyrrole nitrogens is 1. The molecule has 0 aliphatic carbocycles. The normalized spacial score (nSPS) is 11.3. The van der Waals surface area contributed by atoms with E-state index in [1.807, 2.05) is 19.0 Å². The third kappa shape index (κ3) is 1.54. The SMILES string of the molecule is CN(C)/C=N/c1nncc2[nH]cnc12. The second-order valence-corrected chi connectivity index (χ2v) is 3.04. The molecule has 0 saturated carbocycles. The third-order valence-electron chi connectivity index (χ3n) is 1.63. The van der Waals surface area contributed by atoms with Crippen LogP contribution in [0.4, 0.5) is 5.82 Å². The van der Waals surface area contributed by atoms with Gasteiger partial charge < -0.3 is 9.88 Å². The molecule has 0 atom stereocenters. The second kappa shape index (κ2) is 3.41. The molecule has 6 nitrogen and oxygen atoms in total. The number of aromatic amines is 1. The number of nitrogens with zero attached hydrogens (tertiary/aromatic N) is 5. The van der Waals surface area contributed by atoms with Gasteiger partial charge in [-0.1, -0.05) is 0 Å². The van der Waals surface area contributed by atoms with Crippen molar-refractivity contribution in [2.75, 3.05) is 14.1 Å². The van der Waals surface area contributed by atoms with Gasteiger partial charge in [0.15, 0.2) is 0 Å². The van der Waals surface area contributed by atoms with E-state index in [0.29, 0.717) is 5.82 Å². The molecule has 1 N–H and O–H groups in total. The zero-order valence-corrected chi connectivity index (χ0v) is 7.97. The van der Waals surface area contributed by atoms with Gasteiger partial charge in [0.2, 0.25) is 5.82 Å². The Morgan fingerprint density at radius 2 is 2.36 bits per heavy atom. The van der Waals surface area contributed by atoms with Gasteiger partial charge >= 0.3 is 0 Å². The molecule has 0 aromatic carbocycles. The van der Waals surface area contributed by atoms with Crippen molar-refractivity contribution in [2.24, 2.45) is 4.99 Å². The first-order valence-electron chi connectivity index (χ1n) is 4.13. The molecule has 0 aliphatic rings. The summed E-state index contributed by atoms with van der Waals surface area (Å²) in [6.45, 7) is 0. The smallest absolute Gasteiger partial charge is 0.204 e. The minimum absolute atomic E-state index is 0.525. The number of hydrogen-bond acceptors (Lipinski definition) is 4. The number of aliphatic imine (C=N–C) groups is 1. The Morgan fingerprint density at radius 1 is 1.50 bits per heavy atom. The maximum Gasteiger partial charge on any atom is 0.204 e. The highest BCUT2D eigenvalue weighted by molar-refractivity contribution is 5.84. The number of imidazole rings is 1. The van der Waals surface area contributed by atoms with E-state index in [1.165, 1.54) is 0 Å². The first-order valence-corrected chi connectivity index (χ1v) is 4.13. The molecule has 0 radical (unpaired) electrons. The zero-order valence-electron chi connectivity index (χ0n) is 7.97. The number of hydrogen-bond donors (Lipinski definition) is 1. The van der Waals surface area contributed by atoms with Crippen LogP contribution >= 0.6 is 0 Å². The first-order chi connectivity index (χ1) is 6.77. The van der Waals surface area contributed by atoms with Crippen molar-refractivity contribution in [1.29, 1.82) is 0 Å². The Balaban J connectivity index is 2.46. The molecule has 0 bridgehead atoms. The fourth-order valence-electron chi connectivity index (χ4n) is 1.03. The van der Waals surface area contributed by atoms with Gasteiger partial charge in [-0.3, -0.25) is 0 Å². The van der Waals surface area contributed by atoms with E-state index in [4.69, 9.17) is 0 Å². The summed E-state index contributed by atoms with van der Waals surface area (Å²) >= 11 is 0. The van der Waals surface area contributed by atoms with Gasteiger partial charge in [0.25, 0.3) is 0 Å². The highest BCUT2D eigenvalue weighted by Gasteiger charge is 2.02. The lowest BCUT2D eigenvalue weighted by Gasteiger charge is -2.01. The van der Waals surface area contributed by atoms with Crippen molar-refractivity contribution in [3.63, 3.8) is 0 Å². The Kier molecular flexibility index (Phi) is 2.10. The number of nitrogens with one attached hydrogen (secondary N) is 1. The van der Waals surface area contributed by atoms with E-state index in [0.717, 1.165) is 11.0 Å². The molecule has 72 valence electrons. The minimum Gasteiger partial charge on any atom is -0.369 e. The van der Waals surface area contributed by atoms with Crippen LogP contribution in [0.15, 0.2) is 17.5 Å². The molecule has 2 rings (SSSR count). The Hall–Kier alpha value is -1.98. The van der Waals surface area contributed by atoms with Gasteiger partial charge in [-0.05, 0) is 0 Å². The van der Waals surface area contributed by atoms with Crippen molar-refractivity contribution in [2.45, 2.75) is 0 Å². The molecule has 6 heteroatoms. The molecule has 2 heterocycles. The standard InChI is InChI=1S/C8H10N6/c1-14(2)5-11-8-7-6(3-12-13-8)9-4-10-7/h3-5H,1-2H3,(H,9,10)/b11-5+. The Bertz CT molecular complexity index is 458. The molecule has 2 aromatic heterocycles. The van der Waals surface area contributed by atoms with Crippen molar-refractivity contribution >= 4 is 23.2 Å². The van der Waals surface area contributed by atoms with Crippen LogP contribution in [0.5, 0.6) is 0 Å². The average molecular weight is 190 g/mol. The molecule has 0 aliphatic heterocycles. The lowest BCUT2D eigenvalue weighted by Crippen LogP contribution is -2.07. The van der Waals surface area contributed by atoms with E-state index in [1.54, 1.807) is 18.9 Å². The van der Waals surface area contributed by atoms with Gasteiger partial charge in [0, 0.05) is 14.1 Å². The van der Waals surface area contributed by atoms with Crippen LogP contribution in [-0.4, -0.2) is 45.5 Å². The Labute approximate surface area is 80.7 Å². The van der Waals surface area contributed by atoms with Crippen LogP contribution in [0.3, 0.4) is 0 Å². The predicted octanol–water partition coefficient (Wildman–Crippen LogP) is 0.574. The van der Waals surface area contributed by atoms with E-state index in [9.17, 15) is 0 Å². The zero-order chi connectivity index (χ0) is 9.97. The third-order valence-corrected chi connectivity index (χ3v) is 1.63. The molecular weight excluding hydrogens is 180 g/mol. The molecule has 2 aromatic rings. The van der Waals surface area contributed by atoms with Crippen molar-refractivity contribution in [1.82, 2.24) is 25.1 Å². The van der Waals surface area contributed by atoms with E-state index in [2.05, 4.69) is 25.2 Å². The number of fused-ring (bicyclic) bond motifs is 1. The summed E-state index contributed by atoms with van der Waals surface area (Å²) in [6.07, 6.45) is 4.89. The number of aromatic nitrogens is 4. The molecule has 0 saturated heterocycles. The van der Waals surface area contributed by atoms with E-state index in [-0.39, 0.29) is 0 Å². The lowest BCUT2D eigenvalue weighted by molar-refractivity contribution is 0.643. The quantitative estimate of drug-likeness (QED) is 0.555. The summed E-state index contributed by atoms with van der Waals surface area (Å²) in [5, 5.41) is 7.70. The van der Waals surface area contributed by atoms with Crippen LogP contribution in [0.2, 0.25) is 0 Å². The van der Waals surface area contributed by atoms with Crippen molar-refractivity contribution in [3.8, 4) is 0 Å². The summed E-state index contributed by atoms with van der Waals surface area (Å²) in [5.74, 6) is 0.525. The van der Waals surface area contributed by atoms with Gasteiger partial charge in [-0.2, -0.15) is 5.10 Å². The number of rotatable bonds is 2. The molecule has 0 amide bonds. The summed E-state index contributed by atoms with van der Waals surface area (Å²) in [7, 11) is 3.78. The molecule has 0 unspecified atom stereocenters. The van der Waals surface area contributed by atoms with E-state index < -0.39 is 0 Å². The van der Waals surface area contributed by atoms with Gasteiger partial charge in [-0.25, -0.2) is 9.98 Å². The minimum atomic E-state index is 0.525. The van der Waals surface area contributed by atoms with Crippen LogP contribution in [0.1, 0.15) is 0 Å². The van der Waals surface area contributed by atoms with Crippen molar-refractivity contribution in [3.05, 3.63) is 12.5 Å². The topological polar surface area (TPSA) is 70.1 Å². The lowest BCUT2D eigenvalue weighted by atomic mass is 10.4. The fraction of sp³-hybridized carbons (Fsp3) is 0.250. The summed E-state index contributed by atoms with van der Waals surface area (Å²) in [5.41, 5.74) is 1.57. The summed E-state index contributed by atoms with van der Waals surface area (Å²) < 4.78 is 0. The van der Waals surface area contributed by atoms with Crippen LogP contribution in [0.25, 0.3) is 11.0 Å². The van der Waals surface area contributed by atoms with Gasteiger partial charge in [-0.15, -0.1) is 5.10 Å². The molecule has 14 heavy (non-hydrogen) atoms. The summed E-state index contributed by atoms with van der Waals surface area (Å²) in [6, 6.07) is 0. The van der Waals surface area contributed by atoms with E-state index >= 15 is 0 Å². The van der Waals surface area contributed by atoms with Crippen molar-refractivity contribution < 1.29 is 0 Å². The predicted molar refractivity (Wildman–Crippen MR) is 53.5 cm³/mol. The highest BCUT2D eigenvalue weighted by Crippen LogP contribution is 2.17. The van der Waals surface area contributed by atoms with Crippen LogP contribution in [0, 0.1) is 0 Å². The first kappa shape index (κ1) is 8.61. The molecule has 0 fully saturated rings. The Morgan fingerprint density at radius 3 is 3.14 bits per heavy atom. The van der Waals surface area contributed by atoms with Gasteiger partial charge in [0.1, 0.15) is 5.52 Å². The molecular formula is C8H10N6. The summed E-state index contributed by atoms with van der Waals surface area (Å²) in [4.78, 5) is 13.0. The maximum atomic E-state index is 4.15. The van der Waals surface area contributed by atoms with Gasteiger partial charge in [0.05, 0.1) is 24.4 Å². The maximum absolute atomic E-state index is 4.15. The highest BCUT2D eigenvalue weighted by atomic mass is 15.2. The second-order valence-electron chi connectivity index (χ2n) is 3.04. The fourth-order valence-corrected chi connectivity index (χ4v) is 1.03. The largest absolute Gasteiger partial charge is 0.369 e. The average Bonchev–Trinajstić information content (AvgIpc) is 2.62. The van der Waals surface area contributed by atoms with Crippen LogP contribution < -0.4 is 0 Å².